The van der Waals surface area contributed by atoms with Gasteiger partial charge in [0.1, 0.15) is 0 Å². The smallest absolute Gasteiger partial charge is 0.294 e. The highest BCUT2D eigenvalue weighted by atomic mass is 19.4. The summed E-state index contributed by atoms with van der Waals surface area (Å²) < 4.78 is 38.6. The molecule has 2 rings (SSSR count). The molecule has 0 aliphatic heterocycles. The Morgan fingerprint density at radius 3 is 2.55 bits per heavy atom. The Morgan fingerprint density at radius 2 is 2.05 bits per heavy atom. The highest BCUT2D eigenvalue weighted by Crippen LogP contribution is 2.29. The van der Waals surface area contributed by atoms with Gasteiger partial charge in [0.2, 0.25) is 0 Å². The molecule has 0 aromatic carbocycles. The van der Waals surface area contributed by atoms with Crippen molar-refractivity contribution in [2.24, 2.45) is 0 Å². The van der Waals surface area contributed by atoms with Gasteiger partial charge < -0.3 is 0 Å². The van der Waals surface area contributed by atoms with Gasteiger partial charge in [-0.3, -0.25) is 4.79 Å². The minimum Gasteiger partial charge on any atom is -0.294 e. The normalized spacial score (nSPS) is 11.7. The van der Waals surface area contributed by atoms with Crippen molar-refractivity contribution in [1.29, 1.82) is 0 Å². The molecule has 0 saturated carbocycles. The topological polar surface area (TPSA) is 47.8 Å². The summed E-state index contributed by atoms with van der Waals surface area (Å²) in [5.74, 6) is 0.205. The van der Waals surface area contributed by atoms with E-state index in [1.807, 2.05) is 0 Å². The van der Waals surface area contributed by atoms with Crippen LogP contribution in [0.5, 0.6) is 0 Å². The second-order valence-corrected chi connectivity index (χ2v) is 4.31. The van der Waals surface area contributed by atoms with Gasteiger partial charge in [-0.2, -0.15) is 18.3 Å². The van der Waals surface area contributed by atoms with E-state index in [4.69, 9.17) is 0 Å². The number of rotatable bonds is 3. The number of pyridine rings is 1. The molecule has 0 aliphatic rings. The Kier molecular flexibility index (Phi) is 3.61. The van der Waals surface area contributed by atoms with Gasteiger partial charge in [-0.05, 0) is 18.6 Å². The van der Waals surface area contributed by atoms with Gasteiger partial charge in [0.05, 0.1) is 11.8 Å². The van der Waals surface area contributed by atoms with E-state index in [2.05, 4.69) is 10.1 Å². The van der Waals surface area contributed by atoms with Gasteiger partial charge in [0.15, 0.2) is 11.6 Å². The zero-order valence-electron chi connectivity index (χ0n) is 10.9. The van der Waals surface area contributed by atoms with Crippen molar-refractivity contribution in [3.63, 3.8) is 0 Å². The molecule has 0 fully saturated rings. The van der Waals surface area contributed by atoms with E-state index in [-0.39, 0.29) is 11.6 Å². The predicted octanol–water partition coefficient (Wildman–Crippen LogP) is 3.19. The number of ketones is 1. The number of Topliss-reactive ketones (excluding diaryl/α,β-unsaturated/α-hetero) is 1. The van der Waals surface area contributed by atoms with E-state index >= 15 is 0 Å². The van der Waals surface area contributed by atoms with Crippen LogP contribution in [-0.4, -0.2) is 20.5 Å². The summed E-state index contributed by atoms with van der Waals surface area (Å²) in [6, 6.07) is 1.60. The van der Waals surface area contributed by atoms with Crippen molar-refractivity contribution in [2.75, 3.05) is 0 Å². The first-order valence-corrected chi connectivity index (χ1v) is 5.95. The molecule has 20 heavy (non-hydrogen) atoms. The predicted molar refractivity (Wildman–Crippen MR) is 65.7 cm³/mol. The third-order valence-corrected chi connectivity index (χ3v) is 2.82. The van der Waals surface area contributed by atoms with Gasteiger partial charge >= 0.3 is 6.18 Å². The fourth-order valence-corrected chi connectivity index (χ4v) is 1.75. The maximum absolute atomic E-state index is 12.5. The van der Waals surface area contributed by atoms with Crippen LogP contribution in [0.2, 0.25) is 0 Å². The second-order valence-electron chi connectivity index (χ2n) is 4.31. The lowest BCUT2D eigenvalue weighted by Gasteiger charge is -2.06. The van der Waals surface area contributed by atoms with Crippen molar-refractivity contribution in [2.45, 2.75) is 26.4 Å². The van der Waals surface area contributed by atoms with E-state index in [1.165, 1.54) is 6.20 Å². The number of hydrogen-bond acceptors (Lipinski definition) is 3. The van der Waals surface area contributed by atoms with Crippen LogP contribution < -0.4 is 0 Å². The fourth-order valence-electron chi connectivity index (χ4n) is 1.75. The van der Waals surface area contributed by atoms with Gasteiger partial charge in [-0.15, -0.1) is 0 Å². The third kappa shape index (κ3) is 2.71. The minimum atomic E-state index is -4.44. The molecule has 0 N–H and O–H groups in total. The molecule has 0 amide bonds. The first-order valence-electron chi connectivity index (χ1n) is 5.95. The molecule has 0 atom stereocenters. The maximum atomic E-state index is 12.5. The number of nitrogens with zero attached hydrogens (tertiary/aromatic N) is 3. The Labute approximate surface area is 113 Å². The molecule has 0 aliphatic carbocycles. The molecule has 0 saturated heterocycles. The highest BCUT2D eigenvalue weighted by Gasteiger charge is 2.32. The largest absolute Gasteiger partial charge is 0.419 e. The molecular weight excluding hydrogens is 271 g/mol. The highest BCUT2D eigenvalue weighted by molar-refractivity contribution is 5.95. The number of aryl methyl sites for hydroxylation is 1. The van der Waals surface area contributed by atoms with Gasteiger partial charge in [-0.1, -0.05) is 6.92 Å². The Morgan fingerprint density at radius 1 is 1.35 bits per heavy atom. The second kappa shape index (κ2) is 5.07. The van der Waals surface area contributed by atoms with Crippen molar-refractivity contribution in [3.05, 3.63) is 41.3 Å². The van der Waals surface area contributed by atoms with E-state index in [1.54, 1.807) is 19.9 Å². The zero-order valence-corrected chi connectivity index (χ0v) is 10.9. The van der Waals surface area contributed by atoms with Crippen LogP contribution >= 0.6 is 0 Å². The van der Waals surface area contributed by atoms with Crippen LogP contribution in [0.25, 0.3) is 5.82 Å². The third-order valence-electron chi connectivity index (χ3n) is 2.82. The molecular formula is C13H12F3N3O. The lowest BCUT2D eigenvalue weighted by atomic mass is 10.1. The average molecular weight is 283 g/mol. The summed E-state index contributed by atoms with van der Waals surface area (Å²) >= 11 is 0. The molecule has 0 spiro atoms. The van der Waals surface area contributed by atoms with Gasteiger partial charge in [0, 0.05) is 24.4 Å². The number of aromatic nitrogens is 3. The van der Waals surface area contributed by atoms with E-state index in [0.717, 1.165) is 17.1 Å². The summed E-state index contributed by atoms with van der Waals surface area (Å²) in [4.78, 5) is 15.6. The number of carbonyl (C=O) groups is 1. The molecule has 7 heteroatoms. The van der Waals surface area contributed by atoms with Crippen LogP contribution in [0.15, 0.2) is 24.7 Å². The van der Waals surface area contributed by atoms with Crippen molar-refractivity contribution in [1.82, 2.24) is 14.8 Å². The summed E-state index contributed by atoms with van der Waals surface area (Å²) in [5.41, 5.74) is 0.186. The van der Waals surface area contributed by atoms with Crippen LogP contribution in [0.3, 0.4) is 0 Å². The fraction of sp³-hybridized carbons (Fsp3) is 0.308. The van der Waals surface area contributed by atoms with E-state index in [0.29, 0.717) is 17.5 Å². The minimum absolute atomic E-state index is 0.0661. The van der Waals surface area contributed by atoms with Crippen molar-refractivity contribution < 1.29 is 18.0 Å². The van der Waals surface area contributed by atoms with Crippen LogP contribution in [0, 0.1) is 6.92 Å². The van der Waals surface area contributed by atoms with Crippen LogP contribution in [0.4, 0.5) is 13.2 Å². The lowest BCUT2D eigenvalue weighted by molar-refractivity contribution is -0.137. The number of alkyl halides is 3. The van der Waals surface area contributed by atoms with E-state index < -0.39 is 11.7 Å². The lowest BCUT2D eigenvalue weighted by Crippen LogP contribution is -2.06. The van der Waals surface area contributed by atoms with E-state index in [9.17, 15) is 18.0 Å². The number of hydrogen-bond donors (Lipinski definition) is 0. The molecule has 0 unspecified atom stereocenters. The summed E-state index contributed by atoms with van der Waals surface area (Å²) in [7, 11) is 0. The Hall–Kier alpha value is -2.18. The average Bonchev–Trinajstić information content (AvgIpc) is 2.87. The zero-order chi connectivity index (χ0) is 14.9. The molecule has 2 heterocycles. The monoisotopic (exact) mass is 283 g/mol. The molecule has 4 nitrogen and oxygen atoms in total. The number of halogens is 3. The summed E-state index contributed by atoms with van der Waals surface area (Å²) in [6.45, 7) is 3.40. The summed E-state index contributed by atoms with van der Waals surface area (Å²) in [6.07, 6.45) is -1.13. The molecule has 106 valence electrons. The van der Waals surface area contributed by atoms with Gasteiger partial charge in [0.25, 0.3) is 0 Å². The quantitative estimate of drug-likeness (QED) is 0.813. The maximum Gasteiger partial charge on any atom is 0.419 e. The first kappa shape index (κ1) is 14.2. The molecule has 0 radical (unpaired) electrons. The molecule has 2 aromatic heterocycles. The Bertz CT molecular complexity index is 647. The van der Waals surface area contributed by atoms with Crippen LogP contribution in [-0.2, 0) is 6.18 Å². The molecule has 0 bridgehead atoms. The SMILES string of the molecule is CCC(=O)c1cnc(-n2cc(C(F)(F)F)cn2)c(C)c1. The number of carbonyl (C=O) groups excluding carboxylic acids is 1. The van der Waals surface area contributed by atoms with Crippen molar-refractivity contribution in [3.8, 4) is 5.82 Å². The first-order chi connectivity index (χ1) is 9.32. The standard InChI is InChI=1S/C13H12F3N3O/c1-3-11(20)9-4-8(2)12(17-5-9)19-7-10(6-18-19)13(14,15)16/h4-7H,3H2,1-2H3. The van der Waals surface area contributed by atoms with Gasteiger partial charge in [-0.25, -0.2) is 9.67 Å². The van der Waals surface area contributed by atoms with Crippen molar-refractivity contribution >= 4 is 5.78 Å². The van der Waals surface area contributed by atoms with Crippen LogP contribution in [0.1, 0.15) is 34.8 Å². The summed E-state index contributed by atoms with van der Waals surface area (Å²) in [5, 5.41) is 3.66. The molecule has 2 aromatic rings. The Balaban J connectivity index is 2.39.